The molecule has 2 aromatic carbocycles. The summed E-state index contributed by atoms with van der Waals surface area (Å²) >= 11 is 0. The average Bonchev–Trinajstić information content (AvgIpc) is 3.81. The Labute approximate surface area is 420 Å². The molecule has 0 aliphatic carbocycles. The highest BCUT2D eigenvalue weighted by Crippen LogP contribution is 2.39. The number of fused-ring (bicyclic) bond motifs is 4. The number of primary sulfonamides is 1. The number of hydrazine groups is 1. The number of benzene rings is 2. The lowest BCUT2D eigenvalue weighted by molar-refractivity contribution is -0.136. The van der Waals surface area contributed by atoms with Gasteiger partial charge in [0, 0.05) is 36.9 Å². The van der Waals surface area contributed by atoms with Gasteiger partial charge in [0.15, 0.2) is 0 Å². The molecular weight excluding hydrogens is 1000 g/mol. The minimum Gasteiger partial charge on any atom is -0.481 e. The van der Waals surface area contributed by atoms with Gasteiger partial charge in [0.05, 0.1) is 35.0 Å². The number of aliphatic carboxylic acids is 1. The largest absolute Gasteiger partial charge is 0.481 e. The Balaban J connectivity index is 0.000000271. The molecular formula is C48H58F4N8O11S2. The van der Waals surface area contributed by atoms with Crippen molar-refractivity contribution < 1.29 is 68.0 Å². The number of hydrogen-bond donors (Lipinski definition) is 4. The van der Waals surface area contributed by atoms with Crippen molar-refractivity contribution in [1.82, 2.24) is 29.5 Å². The molecule has 0 atom stereocenters. The Morgan fingerprint density at radius 1 is 0.932 bits per heavy atom. The van der Waals surface area contributed by atoms with E-state index in [4.69, 9.17) is 20.5 Å². The first-order chi connectivity index (χ1) is 33.9. The van der Waals surface area contributed by atoms with E-state index in [0.29, 0.717) is 44.5 Å². The zero-order chi connectivity index (χ0) is 54.4. The predicted molar refractivity (Wildman–Crippen MR) is 261 cm³/mol. The van der Waals surface area contributed by atoms with Crippen LogP contribution in [0, 0.1) is 0 Å². The number of sulfonamides is 2. The fourth-order valence-corrected chi connectivity index (χ4v) is 8.60. The van der Waals surface area contributed by atoms with Crippen molar-refractivity contribution in [3.05, 3.63) is 107 Å². The number of allylic oxidation sites excluding steroid dienone is 1. The molecule has 6 N–H and O–H groups in total. The lowest BCUT2D eigenvalue weighted by atomic mass is 9.88. The summed E-state index contributed by atoms with van der Waals surface area (Å²) in [5, 5.41) is 19.9. The van der Waals surface area contributed by atoms with Gasteiger partial charge in [-0.3, -0.25) is 14.3 Å². The zero-order valence-electron chi connectivity index (χ0n) is 41.4. The molecule has 0 fully saturated rings. The summed E-state index contributed by atoms with van der Waals surface area (Å²) in [6.45, 7) is 9.62. The van der Waals surface area contributed by atoms with Crippen LogP contribution in [0.4, 0.5) is 17.6 Å². The first kappa shape index (κ1) is 57.1. The van der Waals surface area contributed by atoms with E-state index >= 15 is 0 Å². The molecule has 0 saturated carbocycles. The van der Waals surface area contributed by atoms with Crippen LogP contribution < -0.4 is 34.7 Å². The van der Waals surface area contributed by atoms with Crippen LogP contribution in [-0.4, -0.2) is 90.6 Å². The second-order valence-corrected chi connectivity index (χ2v) is 22.1. The topological polar surface area (TPSA) is 270 Å². The molecule has 1 aliphatic rings. The first-order valence-electron chi connectivity index (χ1n) is 22.4. The number of hydrogen-bond acceptors (Lipinski definition) is 15. The second kappa shape index (κ2) is 22.9. The van der Waals surface area contributed by atoms with E-state index < -0.39 is 56.2 Å². The highest BCUT2D eigenvalue weighted by Gasteiger charge is 2.29. The number of pyridine rings is 2. The van der Waals surface area contributed by atoms with Gasteiger partial charge in [-0.2, -0.15) is 22.7 Å². The number of alkyl halides is 4. The van der Waals surface area contributed by atoms with Crippen molar-refractivity contribution in [2.75, 3.05) is 13.2 Å². The molecule has 1 aliphatic heterocycles. The lowest BCUT2D eigenvalue weighted by Crippen LogP contribution is -2.49. The van der Waals surface area contributed by atoms with E-state index in [1.165, 1.54) is 65.7 Å². The van der Waals surface area contributed by atoms with Crippen LogP contribution in [-0.2, 0) is 48.0 Å². The monoisotopic (exact) mass is 1060 g/mol. The van der Waals surface area contributed by atoms with Crippen molar-refractivity contribution in [1.29, 1.82) is 0 Å². The normalized spacial score (nSPS) is 15.7. The van der Waals surface area contributed by atoms with Crippen LogP contribution in [0.3, 0.4) is 0 Å². The third kappa shape index (κ3) is 15.1. The molecule has 396 valence electrons. The van der Waals surface area contributed by atoms with E-state index in [1.807, 2.05) is 27.7 Å². The number of carbonyl (C=O) groups is 2. The van der Waals surface area contributed by atoms with Crippen molar-refractivity contribution in [2.24, 2.45) is 11.0 Å². The van der Waals surface area contributed by atoms with E-state index in [1.54, 1.807) is 52.0 Å². The van der Waals surface area contributed by atoms with Crippen LogP contribution in [0.2, 0.25) is 0 Å². The van der Waals surface area contributed by atoms with Crippen molar-refractivity contribution in [2.45, 2.75) is 116 Å². The van der Waals surface area contributed by atoms with Gasteiger partial charge in [-0.25, -0.2) is 42.5 Å². The quantitative estimate of drug-likeness (QED) is 0.0622. The van der Waals surface area contributed by atoms with Gasteiger partial charge < -0.3 is 29.1 Å². The summed E-state index contributed by atoms with van der Waals surface area (Å²) in [5.74, 6) is 4.11. The van der Waals surface area contributed by atoms with Crippen LogP contribution in [0.15, 0.2) is 89.3 Å². The van der Waals surface area contributed by atoms with E-state index in [2.05, 4.69) is 29.3 Å². The highest BCUT2D eigenvalue weighted by atomic mass is 32.2. The molecule has 1 amide bonds. The molecule has 0 spiro atoms. The number of carboxylic acids is 1. The van der Waals surface area contributed by atoms with E-state index in [-0.39, 0.29) is 71.0 Å². The van der Waals surface area contributed by atoms with Crippen molar-refractivity contribution in [3.63, 3.8) is 0 Å². The number of amides is 1. The summed E-state index contributed by atoms with van der Waals surface area (Å²) in [5.41, 5.74) is 2.24. The summed E-state index contributed by atoms with van der Waals surface area (Å²) in [4.78, 5) is 32.7. The number of aromatic nitrogens is 4. The molecule has 73 heavy (non-hydrogen) atoms. The molecule has 5 aromatic rings. The minimum absolute atomic E-state index is 0.0307. The number of nitrogens with two attached hydrogens (primary N) is 2. The van der Waals surface area contributed by atoms with E-state index in [9.17, 15) is 49.1 Å². The molecule has 19 nitrogen and oxygen atoms in total. The Morgan fingerprint density at radius 3 is 2.07 bits per heavy atom. The molecule has 2 bridgehead atoms. The van der Waals surface area contributed by atoms with Gasteiger partial charge in [0.2, 0.25) is 27.7 Å². The van der Waals surface area contributed by atoms with Gasteiger partial charge in [-0.15, -0.1) is 0 Å². The highest BCUT2D eigenvalue weighted by molar-refractivity contribution is 7.93. The number of carboxylic acid groups (broad SMARTS) is 1. The molecule has 4 heterocycles. The summed E-state index contributed by atoms with van der Waals surface area (Å²) in [7, 11) is -8.12. The standard InChI is InChI=1S/C24H28F2N4O6S.C24H30F2N4O5S/c1-14(2)18-8-16(36-23(25)26)9-19(20(18)10-22(31)32)15-5-6-28-21(7-15)35-13-24(3,4)30-12-17(11-29-30)37(27,33)34;1-14(2)18-9-17(35-23(25)26)10-19-16-6-7-28-22(8-16)34-13-24(4,5)30(27)12-15(3)36(32,33)29-21(31)11-20(18)19/h5-9,11-12,14,23H,10,13H2,1-4H3,(H,31,32)(H2,27,33,34);6-10,12,14,23H,11,13,27H2,1-5H3,(H,29,31)/b;15-12+. The summed E-state index contributed by atoms with van der Waals surface area (Å²) in [6, 6.07) is 12.1. The van der Waals surface area contributed by atoms with Gasteiger partial charge in [0.25, 0.3) is 10.0 Å². The van der Waals surface area contributed by atoms with Crippen LogP contribution in [0.5, 0.6) is 23.3 Å². The van der Waals surface area contributed by atoms with Gasteiger partial charge >= 0.3 is 19.2 Å². The fourth-order valence-electron chi connectivity index (χ4n) is 7.37. The van der Waals surface area contributed by atoms with Crippen LogP contribution in [0.25, 0.3) is 22.3 Å². The van der Waals surface area contributed by atoms with Crippen LogP contribution in [0.1, 0.15) is 96.4 Å². The molecule has 0 saturated heterocycles. The number of rotatable bonds is 14. The van der Waals surface area contributed by atoms with Gasteiger partial charge in [0.1, 0.15) is 29.6 Å². The van der Waals surface area contributed by atoms with Gasteiger partial charge in [-0.1, -0.05) is 27.7 Å². The van der Waals surface area contributed by atoms with Crippen molar-refractivity contribution >= 4 is 31.9 Å². The number of ether oxygens (including phenoxy) is 4. The first-order valence-corrected chi connectivity index (χ1v) is 25.4. The summed E-state index contributed by atoms with van der Waals surface area (Å²) < 4.78 is 125. The Kier molecular flexibility index (Phi) is 17.9. The Hall–Kier alpha value is -6.83. The molecule has 3 aromatic heterocycles. The van der Waals surface area contributed by atoms with Gasteiger partial charge in [-0.05, 0) is 127 Å². The molecule has 6 rings (SSSR count). The lowest BCUT2D eigenvalue weighted by Gasteiger charge is -2.33. The molecule has 0 unspecified atom stereocenters. The maximum atomic E-state index is 13.1. The average molecular weight is 1060 g/mol. The predicted octanol–water partition coefficient (Wildman–Crippen LogP) is 7.43. The maximum absolute atomic E-state index is 13.1. The third-order valence-corrected chi connectivity index (χ3v) is 13.6. The van der Waals surface area contributed by atoms with E-state index in [0.717, 1.165) is 6.20 Å². The fraction of sp³-hybridized carbons (Fsp3) is 0.396. The Morgan fingerprint density at radius 2 is 1.51 bits per heavy atom. The number of carbonyl (C=O) groups excluding carboxylic acids is 1. The summed E-state index contributed by atoms with van der Waals surface area (Å²) in [6.07, 6.45) is 5.93. The Bertz CT molecular complexity index is 3080. The SMILES string of the molecule is C/C1=C\N(N)C(C)(C)COc2cc(ccn2)-c2cc(OC(F)F)cc(C(C)C)c2CC(=O)NS1(=O)=O.CC(C)c1cc(OC(F)F)cc(-c2ccnc(OCC(C)(C)n3cc(S(N)(=O)=O)cn3)c2)c1CC(=O)O. The third-order valence-electron chi connectivity index (χ3n) is 11.3. The smallest absolute Gasteiger partial charge is 0.387 e. The second-order valence-electron chi connectivity index (χ2n) is 18.7. The van der Waals surface area contributed by atoms with Crippen LogP contribution >= 0.6 is 0 Å². The van der Waals surface area contributed by atoms with Crippen molar-refractivity contribution in [3.8, 4) is 45.5 Å². The zero-order valence-corrected chi connectivity index (χ0v) is 43.0. The molecule has 25 heteroatoms. The maximum Gasteiger partial charge on any atom is 0.387 e. The minimum atomic E-state index is -4.21. The number of halogens is 4. The molecule has 0 radical (unpaired) electrons. The number of nitrogens with one attached hydrogen (secondary N) is 1. The number of nitrogens with zero attached hydrogens (tertiary/aromatic N) is 5.